The van der Waals surface area contributed by atoms with Gasteiger partial charge in [-0.1, -0.05) is 84.9 Å². The van der Waals surface area contributed by atoms with Gasteiger partial charge >= 0.3 is 8.56 Å². The van der Waals surface area contributed by atoms with Crippen LogP contribution in [0.4, 0.5) is 0 Å². The first kappa shape index (κ1) is 22.8. The molecule has 0 aliphatic carbocycles. The second kappa shape index (κ2) is 10.1. The molecule has 5 heteroatoms. The van der Waals surface area contributed by atoms with Crippen molar-refractivity contribution in [1.82, 2.24) is 0 Å². The van der Waals surface area contributed by atoms with E-state index in [9.17, 15) is 0 Å². The molecule has 1 aliphatic rings. The Morgan fingerprint density at radius 1 is 0.514 bits per heavy atom. The highest BCUT2D eigenvalue weighted by atomic mass is 28.4. The Bertz CT molecular complexity index is 1260. The third-order valence-electron chi connectivity index (χ3n) is 6.17. The van der Waals surface area contributed by atoms with Crippen molar-refractivity contribution in [2.45, 2.75) is 13.8 Å². The first-order valence-electron chi connectivity index (χ1n) is 11.9. The van der Waals surface area contributed by atoms with Crippen molar-refractivity contribution < 1.29 is 8.85 Å². The third kappa shape index (κ3) is 4.68. The summed E-state index contributed by atoms with van der Waals surface area (Å²) in [4.78, 5) is 9.63. The van der Waals surface area contributed by atoms with Gasteiger partial charge in [0.05, 0.1) is 13.1 Å². The highest BCUT2D eigenvalue weighted by Gasteiger charge is 2.48. The summed E-state index contributed by atoms with van der Waals surface area (Å²) in [5.41, 5.74) is 3.78. The molecule has 4 aromatic carbocycles. The van der Waals surface area contributed by atoms with E-state index in [1.165, 1.54) is 0 Å². The fraction of sp³-hybridized carbons (Fsp3) is 0.133. The molecule has 0 unspecified atom stereocenters. The molecule has 0 N–H and O–H groups in total. The molecule has 1 heterocycles. The van der Waals surface area contributed by atoms with Crippen molar-refractivity contribution in [2.75, 3.05) is 13.1 Å². The van der Waals surface area contributed by atoms with Gasteiger partial charge in [0.25, 0.3) is 0 Å². The number of benzene rings is 4. The highest BCUT2D eigenvalue weighted by Crippen LogP contribution is 2.28. The topological polar surface area (TPSA) is 43.2 Å². The predicted octanol–water partition coefficient (Wildman–Crippen LogP) is 5.03. The number of hydrogen-bond acceptors (Lipinski definition) is 4. The van der Waals surface area contributed by atoms with E-state index in [0.717, 1.165) is 44.4 Å². The molecular formula is C30H28N2O2Si. The number of rotatable bonds is 2. The lowest BCUT2D eigenvalue weighted by molar-refractivity contribution is 0.416. The molecular weight excluding hydrogens is 448 g/mol. The highest BCUT2D eigenvalue weighted by molar-refractivity contribution is 6.93. The van der Waals surface area contributed by atoms with Gasteiger partial charge in [-0.15, -0.1) is 0 Å². The summed E-state index contributed by atoms with van der Waals surface area (Å²) in [7, 11) is -3.30. The number of para-hydroxylation sites is 2. The van der Waals surface area contributed by atoms with Crippen LogP contribution in [0.15, 0.2) is 119 Å². The van der Waals surface area contributed by atoms with Crippen molar-refractivity contribution in [2.24, 2.45) is 9.98 Å². The van der Waals surface area contributed by atoms with Gasteiger partial charge < -0.3 is 8.85 Å². The van der Waals surface area contributed by atoms with Crippen LogP contribution in [0, 0.1) is 0 Å². The molecule has 174 valence electrons. The summed E-state index contributed by atoms with van der Waals surface area (Å²) in [6.07, 6.45) is 0. The van der Waals surface area contributed by atoms with E-state index >= 15 is 0 Å². The zero-order chi connectivity index (χ0) is 24.1. The Labute approximate surface area is 207 Å². The Morgan fingerprint density at radius 3 is 1.31 bits per heavy atom. The van der Waals surface area contributed by atoms with Gasteiger partial charge in [-0.25, -0.2) is 0 Å². The summed E-state index contributed by atoms with van der Waals surface area (Å²) in [6, 6.07) is 36.8. The van der Waals surface area contributed by atoms with E-state index in [0.29, 0.717) is 13.1 Å². The Hall–Kier alpha value is -3.96. The molecule has 0 spiro atoms. The molecule has 35 heavy (non-hydrogen) atoms. The second-order valence-corrected chi connectivity index (χ2v) is 11.3. The van der Waals surface area contributed by atoms with E-state index in [4.69, 9.17) is 18.8 Å². The van der Waals surface area contributed by atoms with Crippen molar-refractivity contribution in [1.29, 1.82) is 0 Å². The molecule has 5 rings (SSSR count). The Kier molecular flexibility index (Phi) is 6.59. The third-order valence-corrected chi connectivity index (χ3v) is 9.37. The van der Waals surface area contributed by atoms with Crippen LogP contribution in [-0.2, 0) is 0 Å². The van der Waals surface area contributed by atoms with Gasteiger partial charge in [-0.3, -0.25) is 9.98 Å². The van der Waals surface area contributed by atoms with Gasteiger partial charge in [0.2, 0.25) is 0 Å². The van der Waals surface area contributed by atoms with Gasteiger partial charge in [-0.2, -0.15) is 0 Å². The zero-order valence-electron chi connectivity index (χ0n) is 20.0. The first-order chi connectivity index (χ1) is 17.2. The molecule has 1 aliphatic heterocycles. The van der Waals surface area contributed by atoms with E-state index < -0.39 is 8.56 Å². The van der Waals surface area contributed by atoms with Crippen molar-refractivity contribution in [3.63, 3.8) is 0 Å². The summed E-state index contributed by atoms with van der Waals surface area (Å²) in [5.74, 6) is 1.53. The van der Waals surface area contributed by atoms with Crippen molar-refractivity contribution >= 4 is 30.4 Å². The lowest BCUT2D eigenvalue weighted by atomic mass is 10.1. The minimum Gasteiger partial charge on any atom is -0.505 e. The number of fused-ring (bicyclic) bond motifs is 2. The molecule has 0 aromatic heterocycles. The average Bonchev–Trinajstić information content (AvgIpc) is 2.92. The first-order valence-corrected chi connectivity index (χ1v) is 13.7. The molecule has 0 saturated carbocycles. The van der Waals surface area contributed by atoms with E-state index in [1.54, 1.807) is 0 Å². The van der Waals surface area contributed by atoms with Crippen LogP contribution in [0.25, 0.3) is 0 Å². The van der Waals surface area contributed by atoms with Gasteiger partial charge in [-0.05, 0) is 38.1 Å². The molecule has 4 aromatic rings. The normalized spacial score (nSPS) is 15.4. The van der Waals surface area contributed by atoms with E-state index in [-0.39, 0.29) is 0 Å². The number of nitrogens with zero attached hydrogens (tertiary/aromatic N) is 2. The molecule has 0 radical (unpaired) electrons. The lowest BCUT2D eigenvalue weighted by Crippen LogP contribution is -2.68. The maximum atomic E-state index is 7.13. The molecule has 0 bridgehead atoms. The van der Waals surface area contributed by atoms with Crippen LogP contribution in [0.1, 0.15) is 25.0 Å². The van der Waals surface area contributed by atoms with Crippen LogP contribution in [0.5, 0.6) is 11.5 Å². The Morgan fingerprint density at radius 2 is 0.886 bits per heavy atom. The lowest BCUT2D eigenvalue weighted by Gasteiger charge is -2.33. The standard InChI is InChI=1S/C30H28N2O2Si/c1-23-27-17-9-11-19-29(27)33-35(25-13-5-3-6-14-25,26-15-7-4-8-16-26)34-30-20-12-10-18-28(30)24(2)32-22-21-31-23/h3-20H,21-22H2,1-2H3. The fourth-order valence-electron chi connectivity index (χ4n) is 4.36. The minimum atomic E-state index is -3.30. The largest absolute Gasteiger partial charge is 0.531 e. The van der Waals surface area contributed by atoms with Crippen molar-refractivity contribution in [3.05, 3.63) is 120 Å². The predicted molar refractivity (Wildman–Crippen MR) is 146 cm³/mol. The monoisotopic (exact) mass is 476 g/mol. The SMILES string of the molecule is CC1=NCCN=C(C)c2ccccc2O[Si](c2ccccc2)(c2ccccc2)Oc2ccccc21. The van der Waals surface area contributed by atoms with Crippen LogP contribution >= 0.6 is 0 Å². The van der Waals surface area contributed by atoms with Crippen LogP contribution in [0.2, 0.25) is 0 Å². The van der Waals surface area contributed by atoms with Gasteiger partial charge in [0.1, 0.15) is 11.5 Å². The molecule has 0 fully saturated rings. The van der Waals surface area contributed by atoms with E-state index in [2.05, 4.69) is 36.4 Å². The van der Waals surface area contributed by atoms with Crippen molar-refractivity contribution in [3.8, 4) is 11.5 Å². The Balaban J connectivity index is 1.82. The van der Waals surface area contributed by atoms with Crippen LogP contribution in [0.3, 0.4) is 0 Å². The fourth-order valence-corrected chi connectivity index (χ4v) is 7.45. The van der Waals surface area contributed by atoms with Gasteiger partial charge in [0.15, 0.2) is 0 Å². The molecule has 0 atom stereocenters. The molecule has 4 nitrogen and oxygen atoms in total. The quantitative estimate of drug-likeness (QED) is 0.381. The maximum absolute atomic E-state index is 7.13. The summed E-state index contributed by atoms with van der Waals surface area (Å²) in [6.45, 7) is 5.28. The smallest absolute Gasteiger partial charge is 0.505 e. The number of hydrogen-bond donors (Lipinski definition) is 0. The molecule has 0 amide bonds. The van der Waals surface area contributed by atoms with Crippen LogP contribution < -0.4 is 19.2 Å². The number of aliphatic imine (C=N–C) groups is 2. The van der Waals surface area contributed by atoms with E-state index in [1.807, 2.05) is 86.6 Å². The molecule has 0 saturated heterocycles. The maximum Gasteiger partial charge on any atom is 0.531 e. The minimum absolute atomic E-state index is 0.612. The summed E-state index contributed by atoms with van der Waals surface area (Å²) in [5, 5.41) is 2.05. The zero-order valence-corrected chi connectivity index (χ0v) is 21.0. The summed E-state index contributed by atoms with van der Waals surface area (Å²) < 4.78 is 14.3. The van der Waals surface area contributed by atoms with Crippen LogP contribution in [-0.4, -0.2) is 33.1 Å². The summed E-state index contributed by atoms with van der Waals surface area (Å²) >= 11 is 0. The van der Waals surface area contributed by atoms with Gasteiger partial charge in [0, 0.05) is 32.9 Å². The second-order valence-electron chi connectivity index (χ2n) is 8.48. The average molecular weight is 477 g/mol.